The van der Waals surface area contributed by atoms with Crippen LogP contribution in [0, 0.1) is 34.0 Å². The maximum Gasteiger partial charge on any atom is 0.0279 e. The zero-order chi connectivity index (χ0) is 42.5. The minimum absolute atomic E-state index is 0.00236. The van der Waals surface area contributed by atoms with Crippen molar-refractivity contribution in [1.29, 1.82) is 0 Å². The Morgan fingerprint density at radius 3 is 2.48 bits per heavy atom. The summed E-state index contributed by atoms with van der Waals surface area (Å²) in [6, 6.07) is 42.2. The largest absolute Gasteiger partial charge is 0.0991 e. The molecule has 0 saturated heterocycles. The van der Waals surface area contributed by atoms with Gasteiger partial charge in [-0.3, -0.25) is 0 Å². The van der Waals surface area contributed by atoms with E-state index >= 15 is 0 Å². The second-order valence-corrected chi connectivity index (χ2v) is 19.7. The first-order valence-corrected chi connectivity index (χ1v) is 23.6. The van der Waals surface area contributed by atoms with Crippen molar-refractivity contribution in [3.63, 3.8) is 0 Å². The zero-order valence-corrected chi connectivity index (χ0v) is 36.3. The molecule has 5 aromatic carbocycles. The van der Waals surface area contributed by atoms with Gasteiger partial charge in [-0.1, -0.05) is 225 Å². The van der Waals surface area contributed by atoms with Crippen LogP contribution in [0.1, 0.15) is 69.7 Å². The van der Waals surface area contributed by atoms with E-state index in [1.807, 2.05) is 18.2 Å². The number of allylic oxidation sites excluding steroid dienone is 21. The predicted molar refractivity (Wildman–Crippen MR) is 268 cm³/mol. The molecule has 0 spiro atoms. The van der Waals surface area contributed by atoms with E-state index in [0.717, 1.165) is 25.7 Å². The van der Waals surface area contributed by atoms with Gasteiger partial charge in [0, 0.05) is 22.2 Å². The highest BCUT2D eigenvalue weighted by atomic mass is 14.7. The van der Waals surface area contributed by atoms with Crippen molar-refractivity contribution in [2.45, 2.75) is 38.0 Å². The standard InChI is InChI=1S/C64H52/c1-2-3-4-5-16-43-25-27-46(28-26-43)59-53-22-9-8-21-52(53)58(54-32-29-47-40-55(47)60(54)59)48-30-31-51-49(39-48)41-62(38-33-45-19-14-18-44-17-6-7-20-50(44)45)34-11-10-23-56(62)61(51)57-24-15-36-63-35-12-13-37-64(57,63)42-63/h2-32,34-37,39,47,55,59-60H,1,33,38,40-42H2/b4-3-,16-5+/t47?,55?,59?,60-,62?,63?,64?/m0/s1. The molecule has 13 rings (SSSR count). The summed E-state index contributed by atoms with van der Waals surface area (Å²) in [4.78, 5) is 0. The summed E-state index contributed by atoms with van der Waals surface area (Å²) in [5, 5.41) is 2.70. The molecule has 64 heavy (non-hydrogen) atoms. The molecule has 0 N–H and O–H groups in total. The van der Waals surface area contributed by atoms with Gasteiger partial charge in [0.05, 0.1) is 0 Å². The summed E-state index contributed by atoms with van der Waals surface area (Å²) < 4.78 is 0. The molecule has 0 aromatic heterocycles. The van der Waals surface area contributed by atoms with Crippen LogP contribution in [-0.2, 0) is 12.8 Å². The number of fused-ring (bicyclic) bond motifs is 7. The van der Waals surface area contributed by atoms with E-state index in [4.69, 9.17) is 0 Å². The van der Waals surface area contributed by atoms with Gasteiger partial charge in [0.2, 0.25) is 0 Å². The first kappa shape index (κ1) is 37.8. The summed E-state index contributed by atoms with van der Waals surface area (Å²) >= 11 is 0. The van der Waals surface area contributed by atoms with E-state index in [0.29, 0.717) is 23.7 Å². The number of aryl methyl sites for hydroxylation is 1. The molecule has 0 amide bonds. The summed E-state index contributed by atoms with van der Waals surface area (Å²) in [6.45, 7) is 3.81. The molecule has 0 bridgehead atoms. The van der Waals surface area contributed by atoms with E-state index in [9.17, 15) is 0 Å². The lowest BCUT2D eigenvalue weighted by atomic mass is 9.60. The maximum atomic E-state index is 3.81. The number of hydrogen-bond donors (Lipinski definition) is 0. The van der Waals surface area contributed by atoms with Gasteiger partial charge in [-0.2, -0.15) is 0 Å². The number of hydrogen-bond acceptors (Lipinski definition) is 0. The van der Waals surface area contributed by atoms with E-state index in [1.165, 1.54) is 89.6 Å². The van der Waals surface area contributed by atoms with E-state index in [1.54, 1.807) is 0 Å². The van der Waals surface area contributed by atoms with Crippen LogP contribution in [0.3, 0.4) is 0 Å². The lowest BCUT2D eigenvalue weighted by Gasteiger charge is -2.43. The minimum atomic E-state index is -0.137. The molecule has 0 heterocycles. The first-order valence-electron chi connectivity index (χ1n) is 23.6. The van der Waals surface area contributed by atoms with Gasteiger partial charge in [0.25, 0.3) is 0 Å². The highest BCUT2D eigenvalue weighted by Crippen LogP contribution is 2.75. The van der Waals surface area contributed by atoms with Gasteiger partial charge in [-0.25, -0.2) is 0 Å². The lowest BCUT2D eigenvalue weighted by Crippen LogP contribution is -2.32. The smallest absolute Gasteiger partial charge is 0.0279 e. The molecule has 0 heteroatoms. The molecule has 308 valence electrons. The van der Waals surface area contributed by atoms with Crippen LogP contribution in [-0.4, -0.2) is 0 Å². The summed E-state index contributed by atoms with van der Waals surface area (Å²) in [7, 11) is 0. The van der Waals surface area contributed by atoms with Crippen molar-refractivity contribution in [2.24, 2.45) is 34.0 Å². The van der Waals surface area contributed by atoms with Crippen molar-refractivity contribution in [2.75, 3.05) is 0 Å². The van der Waals surface area contributed by atoms with Crippen molar-refractivity contribution in [1.82, 2.24) is 0 Å². The van der Waals surface area contributed by atoms with Crippen molar-refractivity contribution >= 4 is 28.0 Å². The SMILES string of the molecule is C=C/C=C\C=C\c1ccc(C2c3ccccc3C(c3ccc4c(c3)CC3(CCc5cccc6ccccc56)C=CC=CC3=C4C3=CC=CC45C=CC=CC34C5)=C3C=CC4CC4[C@H]32)cc1. The molecular weight excluding hydrogens is 769 g/mol. The molecule has 0 nitrogen and oxygen atoms in total. The van der Waals surface area contributed by atoms with Crippen LogP contribution in [0.5, 0.6) is 0 Å². The Bertz CT molecular complexity index is 3170. The third-order valence-corrected chi connectivity index (χ3v) is 16.4. The molecule has 5 aromatic rings. The molecule has 6 unspecified atom stereocenters. The Balaban J connectivity index is 0.959. The zero-order valence-electron chi connectivity index (χ0n) is 36.3. The van der Waals surface area contributed by atoms with Crippen LogP contribution >= 0.6 is 0 Å². The Kier molecular flexibility index (Phi) is 8.49. The van der Waals surface area contributed by atoms with Crippen LogP contribution in [0.4, 0.5) is 0 Å². The second kappa shape index (κ2) is 14.4. The molecule has 8 aliphatic carbocycles. The average Bonchev–Trinajstić information content (AvgIpc) is 4.27. The van der Waals surface area contributed by atoms with E-state index in [2.05, 4.69) is 207 Å². The molecular formula is C64H52. The van der Waals surface area contributed by atoms with Gasteiger partial charge in [-0.05, 0) is 133 Å². The molecule has 2 saturated carbocycles. The molecule has 8 aliphatic rings. The Hall–Kier alpha value is -6.76. The third kappa shape index (κ3) is 5.67. The highest BCUT2D eigenvalue weighted by Gasteiger charge is 2.67. The van der Waals surface area contributed by atoms with Gasteiger partial charge < -0.3 is 0 Å². The third-order valence-electron chi connectivity index (χ3n) is 16.4. The normalized spacial score (nSPS) is 29.5. The average molecular weight is 821 g/mol. The summed E-state index contributed by atoms with van der Waals surface area (Å²) in [5.74, 6) is 2.12. The van der Waals surface area contributed by atoms with Crippen LogP contribution < -0.4 is 0 Å². The first-order chi connectivity index (χ1) is 31.6. The summed E-state index contributed by atoms with van der Waals surface area (Å²) in [6.07, 6.45) is 47.2. The highest BCUT2D eigenvalue weighted by molar-refractivity contribution is 5.94. The number of benzene rings is 5. The predicted octanol–water partition coefficient (Wildman–Crippen LogP) is 15.4. The number of rotatable bonds is 9. The van der Waals surface area contributed by atoms with Gasteiger partial charge in [-0.15, -0.1) is 0 Å². The van der Waals surface area contributed by atoms with E-state index in [-0.39, 0.29) is 16.2 Å². The Morgan fingerprint density at radius 2 is 1.55 bits per heavy atom. The molecule has 7 atom stereocenters. The van der Waals surface area contributed by atoms with Crippen molar-refractivity contribution in [3.05, 3.63) is 280 Å². The molecule has 2 fully saturated rings. The summed E-state index contributed by atoms with van der Waals surface area (Å²) in [5.41, 5.74) is 18.6. The van der Waals surface area contributed by atoms with Crippen LogP contribution in [0.15, 0.2) is 236 Å². The van der Waals surface area contributed by atoms with Gasteiger partial charge in [0.1, 0.15) is 0 Å². The second-order valence-electron chi connectivity index (χ2n) is 19.7. The topological polar surface area (TPSA) is 0 Å². The van der Waals surface area contributed by atoms with E-state index < -0.39 is 0 Å². The Morgan fingerprint density at radius 1 is 0.703 bits per heavy atom. The molecule has 0 radical (unpaired) electrons. The fourth-order valence-electron chi connectivity index (χ4n) is 13.3. The Labute approximate surface area is 378 Å². The lowest BCUT2D eigenvalue weighted by molar-refractivity contribution is 0.420. The monoisotopic (exact) mass is 820 g/mol. The van der Waals surface area contributed by atoms with Gasteiger partial charge >= 0.3 is 0 Å². The van der Waals surface area contributed by atoms with Crippen molar-refractivity contribution < 1.29 is 0 Å². The fourth-order valence-corrected chi connectivity index (χ4v) is 13.3. The minimum Gasteiger partial charge on any atom is -0.0991 e. The van der Waals surface area contributed by atoms with Crippen LogP contribution in [0.2, 0.25) is 0 Å². The van der Waals surface area contributed by atoms with Gasteiger partial charge in [0.15, 0.2) is 0 Å². The fraction of sp³-hybridized carbons (Fsp3) is 0.188. The maximum absolute atomic E-state index is 3.81. The quantitative estimate of drug-likeness (QED) is 0.130. The van der Waals surface area contributed by atoms with Crippen LogP contribution in [0.25, 0.3) is 28.0 Å². The van der Waals surface area contributed by atoms with Crippen molar-refractivity contribution in [3.8, 4) is 0 Å². The molecule has 0 aliphatic heterocycles.